The monoisotopic (exact) mass is 215 g/mol. The number of carbonyl (C=O) groups is 2. The number of carboxylic acid groups (broad SMARTS) is 1. The van der Waals surface area contributed by atoms with Crippen LogP contribution in [0.3, 0.4) is 0 Å². The Labute approximate surface area is 86.8 Å². The predicted octanol–water partition coefficient (Wildman–Crippen LogP) is -0.563. The summed E-state index contributed by atoms with van der Waals surface area (Å²) in [5.41, 5.74) is 0. The lowest BCUT2D eigenvalue weighted by Gasteiger charge is -2.36. The molecule has 0 unspecified atom stereocenters. The van der Waals surface area contributed by atoms with Crippen molar-refractivity contribution in [1.29, 1.82) is 0 Å². The fourth-order valence-electron chi connectivity index (χ4n) is 1.97. The third kappa shape index (κ3) is 1.95. The Morgan fingerprint density at radius 3 is 2.13 bits per heavy atom. The van der Waals surface area contributed by atoms with E-state index in [0.717, 1.165) is 0 Å². The lowest BCUT2D eigenvalue weighted by molar-refractivity contribution is -0.189. The van der Waals surface area contributed by atoms with E-state index in [1.807, 2.05) is 0 Å². The zero-order valence-electron chi connectivity index (χ0n) is 8.27. The van der Waals surface area contributed by atoms with Gasteiger partial charge in [0, 0.05) is 25.9 Å². The summed E-state index contributed by atoms with van der Waals surface area (Å²) < 4.78 is 10.9. The minimum atomic E-state index is -1.40. The SMILES string of the molecule is O=C(O)C(=O)N1CCC2(CC1)OCCO2. The van der Waals surface area contributed by atoms with Crippen LogP contribution in [0, 0.1) is 0 Å². The molecule has 6 heteroatoms. The molecule has 2 saturated heterocycles. The van der Waals surface area contributed by atoms with Gasteiger partial charge in [-0.05, 0) is 0 Å². The largest absolute Gasteiger partial charge is 0.474 e. The number of hydrogen-bond acceptors (Lipinski definition) is 4. The van der Waals surface area contributed by atoms with Crippen molar-refractivity contribution in [3.63, 3.8) is 0 Å². The number of hydrogen-bond donors (Lipinski definition) is 1. The first-order valence-electron chi connectivity index (χ1n) is 4.93. The standard InChI is InChI=1S/C9H13NO5/c11-7(8(12)13)10-3-1-9(2-4-10)14-5-6-15-9/h1-6H2,(H,12,13). The Hall–Kier alpha value is -1.14. The number of nitrogens with zero attached hydrogens (tertiary/aromatic N) is 1. The van der Waals surface area contributed by atoms with Crippen LogP contribution in [0.4, 0.5) is 0 Å². The number of piperidine rings is 1. The molecule has 0 aromatic rings. The van der Waals surface area contributed by atoms with Gasteiger partial charge in [0.05, 0.1) is 13.2 Å². The number of likely N-dealkylation sites (tertiary alicyclic amines) is 1. The highest BCUT2D eigenvalue weighted by atomic mass is 16.7. The van der Waals surface area contributed by atoms with Gasteiger partial charge in [-0.3, -0.25) is 4.79 Å². The van der Waals surface area contributed by atoms with Crippen molar-refractivity contribution in [1.82, 2.24) is 4.90 Å². The normalized spacial score (nSPS) is 24.4. The molecule has 2 aliphatic heterocycles. The molecule has 1 spiro atoms. The first kappa shape index (κ1) is 10.4. The van der Waals surface area contributed by atoms with Crippen LogP contribution >= 0.6 is 0 Å². The topological polar surface area (TPSA) is 76.1 Å². The Bertz CT molecular complexity index is 274. The van der Waals surface area contributed by atoms with E-state index in [9.17, 15) is 9.59 Å². The van der Waals surface area contributed by atoms with Crippen molar-refractivity contribution in [2.75, 3.05) is 26.3 Å². The van der Waals surface area contributed by atoms with E-state index in [4.69, 9.17) is 14.6 Å². The summed E-state index contributed by atoms with van der Waals surface area (Å²) in [4.78, 5) is 22.9. The Morgan fingerprint density at radius 1 is 1.13 bits per heavy atom. The summed E-state index contributed by atoms with van der Waals surface area (Å²) in [7, 11) is 0. The number of carbonyl (C=O) groups excluding carboxylic acids is 1. The second-order valence-corrected chi connectivity index (χ2v) is 3.70. The molecular formula is C9H13NO5. The van der Waals surface area contributed by atoms with Gasteiger partial charge >= 0.3 is 11.9 Å². The molecule has 0 radical (unpaired) electrons. The molecule has 2 heterocycles. The van der Waals surface area contributed by atoms with Crippen LogP contribution in [-0.2, 0) is 19.1 Å². The van der Waals surface area contributed by atoms with Gasteiger partial charge in [-0.25, -0.2) is 4.79 Å². The Balaban J connectivity index is 1.91. The van der Waals surface area contributed by atoms with Crippen molar-refractivity contribution in [2.24, 2.45) is 0 Å². The molecule has 0 aromatic carbocycles. The summed E-state index contributed by atoms with van der Waals surface area (Å²) in [5.74, 6) is -2.81. The van der Waals surface area contributed by atoms with E-state index in [2.05, 4.69) is 0 Å². The van der Waals surface area contributed by atoms with Crippen LogP contribution in [-0.4, -0.2) is 54.0 Å². The van der Waals surface area contributed by atoms with Gasteiger partial charge in [-0.2, -0.15) is 0 Å². The maximum Gasteiger partial charge on any atom is 0.394 e. The number of rotatable bonds is 0. The minimum Gasteiger partial charge on any atom is -0.474 e. The lowest BCUT2D eigenvalue weighted by atomic mass is 10.0. The summed E-state index contributed by atoms with van der Waals surface area (Å²) in [6, 6.07) is 0. The smallest absolute Gasteiger partial charge is 0.394 e. The molecule has 0 atom stereocenters. The van der Waals surface area contributed by atoms with Crippen molar-refractivity contribution in [3.8, 4) is 0 Å². The fourth-order valence-corrected chi connectivity index (χ4v) is 1.97. The van der Waals surface area contributed by atoms with Gasteiger partial charge in [0.25, 0.3) is 0 Å². The second kappa shape index (κ2) is 3.79. The maximum atomic E-state index is 11.1. The first-order valence-corrected chi connectivity index (χ1v) is 4.93. The summed E-state index contributed by atoms with van der Waals surface area (Å²) in [6.45, 7) is 1.91. The van der Waals surface area contributed by atoms with Crippen LogP contribution in [0.15, 0.2) is 0 Å². The molecule has 1 amide bonds. The minimum absolute atomic E-state index is 0.380. The van der Waals surface area contributed by atoms with Gasteiger partial charge in [0.2, 0.25) is 0 Å². The highest BCUT2D eigenvalue weighted by molar-refractivity contribution is 6.31. The van der Waals surface area contributed by atoms with Crippen molar-refractivity contribution in [2.45, 2.75) is 18.6 Å². The van der Waals surface area contributed by atoms with E-state index in [-0.39, 0.29) is 0 Å². The van der Waals surface area contributed by atoms with Gasteiger partial charge in [-0.1, -0.05) is 0 Å². The molecule has 0 saturated carbocycles. The van der Waals surface area contributed by atoms with E-state index in [0.29, 0.717) is 39.1 Å². The highest BCUT2D eigenvalue weighted by Gasteiger charge is 2.41. The molecular weight excluding hydrogens is 202 g/mol. The van der Waals surface area contributed by atoms with Gasteiger partial charge in [0.1, 0.15) is 0 Å². The molecule has 84 valence electrons. The van der Waals surface area contributed by atoms with E-state index in [1.54, 1.807) is 0 Å². The van der Waals surface area contributed by atoms with E-state index in [1.165, 1.54) is 4.90 Å². The molecule has 15 heavy (non-hydrogen) atoms. The van der Waals surface area contributed by atoms with Gasteiger partial charge in [-0.15, -0.1) is 0 Å². The van der Waals surface area contributed by atoms with Crippen molar-refractivity contribution in [3.05, 3.63) is 0 Å². The molecule has 2 rings (SSSR count). The zero-order valence-corrected chi connectivity index (χ0v) is 8.27. The number of carboxylic acids is 1. The Morgan fingerprint density at radius 2 is 1.67 bits per heavy atom. The van der Waals surface area contributed by atoms with Crippen LogP contribution in [0.1, 0.15) is 12.8 Å². The summed E-state index contributed by atoms with van der Waals surface area (Å²) in [5, 5.41) is 8.54. The zero-order chi connectivity index (χ0) is 10.9. The molecule has 2 fully saturated rings. The van der Waals surface area contributed by atoms with Crippen molar-refractivity contribution < 1.29 is 24.2 Å². The van der Waals surface area contributed by atoms with Crippen LogP contribution < -0.4 is 0 Å². The number of amides is 1. The Kier molecular flexibility index (Phi) is 2.62. The van der Waals surface area contributed by atoms with E-state index < -0.39 is 17.7 Å². The van der Waals surface area contributed by atoms with E-state index >= 15 is 0 Å². The average Bonchev–Trinajstić information content (AvgIpc) is 2.67. The first-order chi connectivity index (χ1) is 7.13. The van der Waals surface area contributed by atoms with Gasteiger partial charge < -0.3 is 19.5 Å². The summed E-state index contributed by atoms with van der Waals surface area (Å²) in [6.07, 6.45) is 1.10. The molecule has 0 aliphatic carbocycles. The quantitative estimate of drug-likeness (QED) is 0.548. The third-order valence-corrected chi connectivity index (χ3v) is 2.81. The third-order valence-electron chi connectivity index (χ3n) is 2.81. The molecule has 0 aromatic heterocycles. The highest BCUT2D eigenvalue weighted by Crippen LogP contribution is 2.31. The molecule has 1 N–H and O–H groups in total. The van der Waals surface area contributed by atoms with Gasteiger partial charge in [0.15, 0.2) is 5.79 Å². The molecule has 2 aliphatic rings. The number of ether oxygens (including phenoxy) is 2. The van der Waals surface area contributed by atoms with Crippen molar-refractivity contribution >= 4 is 11.9 Å². The maximum absolute atomic E-state index is 11.1. The second-order valence-electron chi connectivity index (χ2n) is 3.70. The van der Waals surface area contributed by atoms with Crippen LogP contribution in [0.5, 0.6) is 0 Å². The summed E-state index contributed by atoms with van der Waals surface area (Å²) >= 11 is 0. The van der Waals surface area contributed by atoms with Crippen LogP contribution in [0.2, 0.25) is 0 Å². The predicted molar refractivity (Wildman–Crippen MR) is 48.1 cm³/mol. The average molecular weight is 215 g/mol. The molecule has 0 bridgehead atoms. The molecule has 6 nitrogen and oxygen atoms in total. The lowest BCUT2D eigenvalue weighted by Crippen LogP contribution is -2.49. The number of aliphatic carboxylic acids is 1. The fraction of sp³-hybridized carbons (Fsp3) is 0.778. The van der Waals surface area contributed by atoms with Crippen LogP contribution in [0.25, 0.3) is 0 Å².